The summed E-state index contributed by atoms with van der Waals surface area (Å²) in [7, 11) is 0. The van der Waals surface area contributed by atoms with Crippen molar-refractivity contribution in [2.24, 2.45) is 5.10 Å². The van der Waals surface area contributed by atoms with Crippen molar-refractivity contribution in [3.05, 3.63) is 40.5 Å². The molecule has 0 fully saturated rings. The van der Waals surface area contributed by atoms with Gasteiger partial charge in [0.05, 0.1) is 6.21 Å². The molecule has 2 aromatic rings. The lowest BCUT2D eigenvalue weighted by Crippen LogP contribution is -1.93. The highest BCUT2D eigenvalue weighted by Gasteiger charge is 1.99. The fourth-order valence-electron chi connectivity index (χ4n) is 1.33. The summed E-state index contributed by atoms with van der Waals surface area (Å²) in [6.45, 7) is 0. The van der Waals surface area contributed by atoms with Crippen LogP contribution in [0.4, 0.5) is 15.3 Å². The fraction of sp³-hybridized carbons (Fsp3) is 0.0909. The predicted octanol–water partition coefficient (Wildman–Crippen LogP) is 3.21. The summed E-state index contributed by atoms with van der Waals surface area (Å²) in [5.41, 5.74) is 9.74. The Bertz CT molecular complexity index is 570. The van der Waals surface area contributed by atoms with Crippen molar-refractivity contribution < 1.29 is 4.39 Å². The van der Waals surface area contributed by atoms with Gasteiger partial charge in [0.1, 0.15) is 11.6 Å². The van der Waals surface area contributed by atoms with E-state index in [9.17, 15) is 4.39 Å². The number of thiazole rings is 1. The second-order valence-electron chi connectivity index (χ2n) is 3.47. The number of nitrogens with one attached hydrogen (secondary N) is 1. The predicted molar refractivity (Wildman–Crippen MR) is 76.8 cm³/mol. The van der Waals surface area contributed by atoms with Crippen LogP contribution in [0.3, 0.4) is 0 Å². The maximum atomic E-state index is 13.2. The van der Waals surface area contributed by atoms with Gasteiger partial charge in [-0.05, 0) is 29.3 Å². The van der Waals surface area contributed by atoms with Gasteiger partial charge in [0.15, 0.2) is 0 Å². The zero-order valence-corrected chi connectivity index (χ0v) is 11.6. The maximum Gasteiger partial charge on any atom is 0.205 e. The monoisotopic (exact) mass is 328 g/mol. The molecule has 0 saturated heterocycles. The van der Waals surface area contributed by atoms with Gasteiger partial charge in [-0.1, -0.05) is 15.9 Å². The summed E-state index contributed by atoms with van der Waals surface area (Å²) in [4.78, 5) is 3.98. The summed E-state index contributed by atoms with van der Waals surface area (Å²) in [6.07, 6.45) is 1.53. The molecule has 1 aromatic carbocycles. The fourth-order valence-corrected chi connectivity index (χ4v) is 2.20. The van der Waals surface area contributed by atoms with E-state index in [1.807, 2.05) is 6.07 Å². The number of hydrazone groups is 1. The number of nitrogen functional groups attached to an aromatic ring is 1. The first kappa shape index (κ1) is 13.0. The Kier molecular flexibility index (Phi) is 4.27. The number of hydrogen-bond acceptors (Lipinski definition) is 5. The number of nitrogens with two attached hydrogens (primary N) is 1. The maximum absolute atomic E-state index is 13.2. The van der Waals surface area contributed by atoms with Crippen LogP contribution in [0.5, 0.6) is 0 Å². The van der Waals surface area contributed by atoms with Gasteiger partial charge in [-0.3, -0.25) is 5.43 Å². The van der Waals surface area contributed by atoms with E-state index in [4.69, 9.17) is 5.73 Å². The van der Waals surface area contributed by atoms with Crippen LogP contribution in [0.25, 0.3) is 0 Å². The molecule has 0 radical (unpaired) electrons. The third kappa shape index (κ3) is 3.51. The van der Waals surface area contributed by atoms with Crippen LogP contribution in [-0.4, -0.2) is 11.2 Å². The SMILES string of the molecule is Nc1csc(NN=Cc2cc(F)cc(CBr)c2)n1. The van der Waals surface area contributed by atoms with E-state index in [2.05, 4.69) is 31.4 Å². The third-order valence-corrected chi connectivity index (χ3v) is 3.44. The first-order chi connectivity index (χ1) is 8.67. The molecule has 0 aliphatic heterocycles. The molecule has 0 aliphatic rings. The molecule has 0 unspecified atom stereocenters. The Hall–Kier alpha value is -1.47. The Labute approximate surface area is 116 Å². The molecular formula is C11H10BrFN4S. The molecule has 94 valence electrons. The van der Waals surface area contributed by atoms with E-state index < -0.39 is 0 Å². The first-order valence-corrected chi connectivity index (χ1v) is 7.03. The first-order valence-electron chi connectivity index (χ1n) is 5.03. The van der Waals surface area contributed by atoms with Gasteiger partial charge in [0.2, 0.25) is 5.13 Å². The molecule has 2 rings (SSSR count). The summed E-state index contributed by atoms with van der Waals surface area (Å²) in [6, 6.07) is 4.73. The topological polar surface area (TPSA) is 63.3 Å². The number of hydrogen-bond donors (Lipinski definition) is 2. The van der Waals surface area contributed by atoms with Crippen LogP contribution in [-0.2, 0) is 5.33 Å². The van der Waals surface area contributed by atoms with Crippen molar-refractivity contribution in [2.75, 3.05) is 11.2 Å². The summed E-state index contributed by atoms with van der Waals surface area (Å²) in [5, 5.41) is 6.89. The molecular weight excluding hydrogens is 319 g/mol. The largest absolute Gasteiger partial charge is 0.383 e. The second-order valence-corrected chi connectivity index (χ2v) is 4.89. The van der Waals surface area contributed by atoms with E-state index >= 15 is 0 Å². The van der Waals surface area contributed by atoms with Gasteiger partial charge in [-0.2, -0.15) is 5.10 Å². The number of rotatable bonds is 4. The van der Waals surface area contributed by atoms with Crippen molar-refractivity contribution in [2.45, 2.75) is 5.33 Å². The van der Waals surface area contributed by atoms with Crippen LogP contribution in [0.2, 0.25) is 0 Å². The molecule has 7 heteroatoms. The zero-order valence-electron chi connectivity index (χ0n) is 9.23. The van der Waals surface area contributed by atoms with Crippen molar-refractivity contribution in [1.82, 2.24) is 4.98 Å². The van der Waals surface area contributed by atoms with E-state index in [0.717, 1.165) is 5.56 Å². The van der Waals surface area contributed by atoms with Crippen LogP contribution in [0, 0.1) is 5.82 Å². The van der Waals surface area contributed by atoms with Gasteiger partial charge in [-0.15, -0.1) is 11.3 Å². The minimum absolute atomic E-state index is 0.285. The summed E-state index contributed by atoms with van der Waals surface area (Å²) < 4.78 is 13.2. The molecule has 0 saturated carbocycles. The van der Waals surface area contributed by atoms with Crippen LogP contribution in [0.15, 0.2) is 28.7 Å². The van der Waals surface area contributed by atoms with E-state index in [-0.39, 0.29) is 5.82 Å². The smallest absolute Gasteiger partial charge is 0.205 e. The number of nitrogens with zero attached hydrogens (tertiary/aromatic N) is 2. The van der Waals surface area contributed by atoms with Crippen molar-refractivity contribution >= 4 is 44.4 Å². The Balaban J connectivity index is 2.06. The minimum Gasteiger partial charge on any atom is -0.383 e. The van der Waals surface area contributed by atoms with Gasteiger partial charge in [-0.25, -0.2) is 9.37 Å². The van der Waals surface area contributed by atoms with Crippen LogP contribution >= 0.6 is 27.3 Å². The molecule has 0 bridgehead atoms. The average Bonchev–Trinajstić information content (AvgIpc) is 2.74. The van der Waals surface area contributed by atoms with E-state index in [1.54, 1.807) is 5.38 Å². The lowest BCUT2D eigenvalue weighted by atomic mass is 10.1. The lowest BCUT2D eigenvalue weighted by Gasteiger charge is -1.99. The highest BCUT2D eigenvalue weighted by molar-refractivity contribution is 9.08. The van der Waals surface area contributed by atoms with Crippen molar-refractivity contribution in [3.8, 4) is 0 Å². The van der Waals surface area contributed by atoms with Gasteiger partial charge < -0.3 is 5.73 Å². The third-order valence-electron chi connectivity index (χ3n) is 2.03. The van der Waals surface area contributed by atoms with Crippen molar-refractivity contribution in [3.63, 3.8) is 0 Å². The number of aromatic nitrogens is 1. The molecule has 4 nitrogen and oxygen atoms in total. The Morgan fingerprint density at radius 2 is 2.33 bits per heavy atom. The van der Waals surface area contributed by atoms with Crippen molar-refractivity contribution in [1.29, 1.82) is 0 Å². The number of anilines is 2. The average molecular weight is 329 g/mol. The second kappa shape index (κ2) is 5.92. The van der Waals surface area contributed by atoms with Gasteiger partial charge in [0, 0.05) is 10.7 Å². The molecule has 0 spiro atoms. The molecule has 18 heavy (non-hydrogen) atoms. The lowest BCUT2D eigenvalue weighted by molar-refractivity contribution is 0.626. The molecule has 0 amide bonds. The molecule has 0 atom stereocenters. The van der Waals surface area contributed by atoms with E-state index in [0.29, 0.717) is 21.8 Å². The number of alkyl halides is 1. The zero-order chi connectivity index (χ0) is 13.0. The molecule has 3 N–H and O–H groups in total. The quantitative estimate of drug-likeness (QED) is 0.514. The van der Waals surface area contributed by atoms with Gasteiger partial charge >= 0.3 is 0 Å². The van der Waals surface area contributed by atoms with Crippen LogP contribution < -0.4 is 11.2 Å². The van der Waals surface area contributed by atoms with Crippen LogP contribution in [0.1, 0.15) is 11.1 Å². The molecule has 0 aliphatic carbocycles. The Morgan fingerprint density at radius 1 is 1.50 bits per heavy atom. The Morgan fingerprint density at radius 3 is 3.00 bits per heavy atom. The number of benzene rings is 1. The van der Waals surface area contributed by atoms with E-state index in [1.165, 1.54) is 29.7 Å². The molecule has 1 heterocycles. The standard InChI is InChI=1S/C11H10BrFN4S/c12-4-7-1-8(3-9(13)2-7)5-15-17-11-16-10(14)6-18-11/h1-3,5-6H,4,14H2,(H,16,17). The van der Waals surface area contributed by atoms with Gasteiger partial charge in [0.25, 0.3) is 0 Å². The summed E-state index contributed by atoms with van der Waals surface area (Å²) >= 11 is 4.64. The highest BCUT2D eigenvalue weighted by Crippen LogP contribution is 2.16. The molecule has 1 aromatic heterocycles. The highest BCUT2D eigenvalue weighted by atomic mass is 79.9. The number of halogens is 2. The summed E-state index contributed by atoms with van der Waals surface area (Å²) in [5.74, 6) is 0.164. The minimum atomic E-state index is -0.285. The normalized spacial score (nSPS) is 11.0.